The van der Waals surface area contributed by atoms with Crippen LogP contribution < -0.4 is 5.32 Å². The number of likely N-dealkylation sites (N-methyl/N-ethyl adjacent to an activating group) is 1. The third-order valence-electron chi connectivity index (χ3n) is 3.60. The van der Waals surface area contributed by atoms with Gasteiger partial charge in [-0.2, -0.15) is 0 Å². The molecule has 1 aromatic rings. The summed E-state index contributed by atoms with van der Waals surface area (Å²) in [6.45, 7) is 7.16. The van der Waals surface area contributed by atoms with Crippen LogP contribution in [0.1, 0.15) is 34.6 Å². The van der Waals surface area contributed by atoms with E-state index in [1.165, 1.54) is 0 Å². The Morgan fingerprint density at radius 2 is 1.52 bits per heavy atom. The molecule has 0 aromatic heterocycles. The monoisotopic (exact) mass is 289 g/mol. The molecular weight excluding hydrogens is 266 g/mol. The molecule has 2 rings (SSSR count). The van der Waals surface area contributed by atoms with Crippen molar-refractivity contribution in [1.29, 1.82) is 0 Å². The summed E-state index contributed by atoms with van der Waals surface area (Å²) in [4.78, 5) is 28.3. The Morgan fingerprint density at radius 3 is 2.05 bits per heavy atom. The maximum Gasteiger partial charge on any atom is 0.253 e. The molecule has 1 aliphatic heterocycles. The summed E-state index contributed by atoms with van der Waals surface area (Å²) >= 11 is 0. The van der Waals surface area contributed by atoms with E-state index in [9.17, 15) is 9.59 Å². The molecule has 0 saturated carbocycles. The van der Waals surface area contributed by atoms with E-state index in [2.05, 4.69) is 17.3 Å². The highest BCUT2D eigenvalue weighted by atomic mass is 16.2. The summed E-state index contributed by atoms with van der Waals surface area (Å²) in [6.07, 6.45) is 0. The van der Waals surface area contributed by atoms with Crippen LogP contribution in [0.5, 0.6) is 0 Å². The van der Waals surface area contributed by atoms with Crippen LogP contribution in [0, 0.1) is 0 Å². The smallest absolute Gasteiger partial charge is 0.253 e. The minimum absolute atomic E-state index is 0.0407. The van der Waals surface area contributed by atoms with Crippen molar-refractivity contribution in [2.45, 2.75) is 19.9 Å². The van der Waals surface area contributed by atoms with Crippen LogP contribution in [0.3, 0.4) is 0 Å². The summed E-state index contributed by atoms with van der Waals surface area (Å²) in [5, 5.41) is 2.84. The fourth-order valence-corrected chi connectivity index (χ4v) is 2.30. The molecule has 1 fully saturated rings. The van der Waals surface area contributed by atoms with Gasteiger partial charge in [-0.3, -0.25) is 9.59 Å². The number of piperazine rings is 1. The number of nitrogens with zero attached hydrogens (tertiary/aromatic N) is 2. The molecule has 1 N–H and O–H groups in total. The van der Waals surface area contributed by atoms with Crippen LogP contribution in [-0.2, 0) is 0 Å². The SMILES string of the molecule is CC(C)NC(=O)c1ccc(C(=O)N2CCN(C)CC2)cc1. The molecule has 5 heteroatoms. The van der Waals surface area contributed by atoms with E-state index in [-0.39, 0.29) is 17.9 Å². The Kier molecular flexibility index (Phi) is 4.96. The van der Waals surface area contributed by atoms with E-state index in [4.69, 9.17) is 0 Å². The van der Waals surface area contributed by atoms with Gasteiger partial charge in [0.15, 0.2) is 0 Å². The molecule has 5 nitrogen and oxygen atoms in total. The van der Waals surface area contributed by atoms with E-state index in [1.54, 1.807) is 24.3 Å². The molecular formula is C16H23N3O2. The van der Waals surface area contributed by atoms with Crippen molar-refractivity contribution in [3.8, 4) is 0 Å². The molecule has 0 atom stereocenters. The average Bonchev–Trinajstić information content (AvgIpc) is 2.47. The van der Waals surface area contributed by atoms with Crippen molar-refractivity contribution in [3.05, 3.63) is 35.4 Å². The first-order chi connectivity index (χ1) is 9.97. The summed E-state index contributed by atoms with van der Waals surface area (Å²) in [7, 11) is 2.06. The molecule has 0 bridgehead atoms. The topological polar surface area (TPSA) is 52.7 Å². The Balaban J connectivity index is 2.01. The van der Waals surface area contributed by atoms with Gasteiger partial charge in [0, 0.05) is 43.3 Å². The molecule has 114 valence electrons. The molecule has 21 heavy (non-hydrogen) atoms. The quantitative estimate of drug-likeness (QED) is 0.910. The second-order valence-corrected chi connectivity index (χ2v) is 5.80. The zero-order valence-corrected chi connectivity index (χ0v) is 12.9. The third-order valence-corrected chi connectivity index (χ3v) is 3.60. The van der Waals surface area contributed by atoms with E-state index >= 15 is 0 Å². The van der Waals surface area contributed by atoms with E-state index in [0.29, 0.717) is 11.1 Å². The van der Waals surface area contributed by atoms with Gasteiger partial charge in [-0.25, -0.2) is 0 Å². The first-order valence-corrected chi connectivity index (χ1v) is 7.36. The zero-order chi connectivity index (χ0) is 15.4. The lowest BCUT2D eigenvalue weighted by Gasteiger charge is -2.32. The molecule has 0 radical (unpaired) electrons. The van der Waals surface area contributed by atoms with Crippen LogP contribution in [0.4, 0.5) is 0 Å². The maximum absolute atomic E-state index is 12.4. The second-order valence-electron chi connectivity index (χ2n) is 5.80. The summed E-state index contributed by atoms with van der Waals surface area (Å²) in [5.74, 6) is -0.0671. The summed E-state index contributed by atoms with van der Waals surface area (Å²) < 4.78 is 0. The molecule has 0 unspecified atom stereocenters. The Morgan fingerprint density at radius 1 is 1.00 bits per heavy atom. The largest absolute Gasteiger partial charge is 0.350 e. The summed E-state index contributed by atoms with van der Waals surface area (Å²) in [5.41, 5.74) is 1.22. The van der Waals surface area contributed by atoms with E-state index < -0.39 is 0 Å². The van der Waals surface area contributed by atoms with Crippen molar-refractivity contribution in [3.63, 3.8) is 0 Å². The predicted molar refractivity (Wildman–Crippen MR) is 82.4 cm³/mol. The lowest BCUT2D eigenvalue weighted by Crippen LogP contribution is -2.47. The van der Waals surface area contributed by atoms with Crippen LogP contribution >= 0.6 is 0 Å². The minimum Gasteiger partial charge on any atom is -0.350 e. The van der Waals surface area contributed by atoms with E-state index in [0.717, 1.165) is 26.2 Å². The van der Waals surface area contributed by atoms with Crippen molar-refractivity contribution in [1.82, 2.24) is 15.1 Å². The van der Waals surface area contributed by atoms with Gasteiger partial charge in [-0.15, -0.1) is 0 Å². The van der Waals surface area contributed by atoms with Gasteiger partial charge in [0.05, 0.1) is 0 Å². The van der Waals surface area contributed by atoms with Crippen LogP contribution in [0.25, 0.3) is 0 Å². The highest BCUT2D eigenvalue weighted by Crippen LogP contribution is 2.10. The van der Waals surface area contributed by atoms with Gasteiger partial charge in [0.1, 0.15) is 0 Å². The second kappa shape index (κ2) is 6.72. The molecule has 2 amide bonds. The van der Waals surface area contributed by atoms with Crippen molar-refractivity contribution in [2.75, 3.05) is 33.2 Å². The number of rotatable bonds is 3. The number of nitrogens with one attached hydrogen (secondary N) is 1. The number of amides is 2. The molecule has 0 aliphatic carbocycles. The van der Waals surface area contributed by atoms with Gasteiger partial charge < -0.3 is 15.1 Å². The molecule has 1 aliphatic rings. The number of benzene rings is 1. The van der Waals surface area contributed by atoms with Gasteiger partial charge in [0.25, 0.3) is 11.8 Å². The van der Waals surface area contributed by atoms with Crippen molar-refractivity contribution >= 4 is 11.8 Å². The number of hydrogen-bond donors (Lipinski definition) is 1. The fraction of sp³-hybridized carbons (Fsp3) is 0.500. The fourth-order valence-electron chi connectivity index (χ4n) is 2.30. The number of hydrogen-bond acceptors (Lipinski definition) is 3. The van der Waals surface area contributed by atoms with Gasteiger partial charge in [0.2, 0.25) is 0 Å². The molecule has 1 heterocycles. The first-order valence-electron chi connectivity index (χ1n) is 7.36. The maximum atomic E-state index is 12.4. The molecule has 1 saturated heterocycles. The van der Waals surface area contributed by atoms with E-state index in [1.807, 2.05) is 18.7 Å². The van der Waals surface area contributed by atoms with Crippen molar-refractivity contribution in [2.24, 2.45) is 0 Å². The standard InChI is InChI=1S/C16H23N3O2/c1-12(2)17-15(20)13-4-6-14(7-5-13)16(21)19-10-8-18(3)9-11-19/h4-7,12H,8-11H2,1-3H3,(H,17,20). The van der Waals surface area contributed by atoms with Crippen LogP contribution in [0.15, 0.2) is 24.3 Å². The third kappa shape index (κ3) is 4.04. The molecule has 1 aromatic carbocycles. The Bertz CT molecular complexity index is 503. The van der Waals surface area contributed by atoms with Gasteiger partial charge >= 0.3 is 0 Å². The first kappa shape index (κ1) is 15.5. The number of carbonyl (C=O) groups excluding carboxylic acids is 2. The Hall–Kier alpha value is -1.88. The molecule has 0 spiro atoms. The lowest BCUT2D eigenvalue weighted by molar-refractivity contribution is 0.0663. The Labute approximate surface area is 125 Å². The highest BCUT2D eigenvalue weighted by molar-refractivity contribution is 5.97. The van der Waals surface area contributed by atoms with Crippen LogP contribution in [0.2, 0.25) is 0 Å². The van der Waals surface area contributed by atoms with Crippen LogP contribution in [-0.4, -0.2) is 60.9 Å². The van der Waals surface area contributed by atoms with Gasteiger partial charge in [-0.05, 0) is 45.2 Å². The highest BCUT2D eigenvalue weighted by Gasteiger charge is 2.20. The van der Waals surface area contributed by atoms with Gasteiger partial charge in [-0.1, -0.05) is 0 Å². The normalized spacial score (nSPS) is 16.1. The van der Waals surface area contributed by atoms with Crippen molar-refractivity contribution < 1.29 is 9.59 Å². The lowest BCUT2D eigenvalue weighted by atomic mass is 10.1. The zero-order valence-electron chi connectivity index (χ0n) is 12.9. The summed E-state index contributed by atoms with van der Waals surface area (Å²) in [6, 6.07) is 6.98. The average molecular weight is 289 g/mol. The predicted octanol–water partition coefficient (Wildman–Crippen LogP) is 1.21. The minimum atomic E-state index is -0.108. The number of carbonyl (C=O) groups is 2.